The summed E-state index contributed by atoms with van der Waals surface area (Å²) in [5, 5.41) is 6.83. The number of hydrogen-bond acceptors (Lipinski definition) is 7. The Labute approximate surface area is 193 Å². The normalized spacial score (nSPS) is 12.0. The van der Waals surface area contributed by atoms with Gasteiger partial charge in [0.15, 0.2) is 22.1 Å². The van der Waals surface area contributed by atoms with Crippen LogP contribution in [0.25, 0.3) is 21.9 Å². The minimum atomic E-state index is 0.229. The zero-order valence-electron chi connectivity index (χ0n) is 19.4. The summed E-state index contributed by atoms with van der Waals surface area (Å²) in [4.78, 5) is 16.8. The van der Waals surface area contributed by atoms with Crippen LogP contribution < -0.4 is 16.0 Å². The monoisotopic (exact) mass is 449 g/mol. The van der Waals surface area contributed by atoms with Gasteiger partial charge >= 0.3 is 0 Å². The van der Waals surface area contributed by atoms with Gasteiger partial charge in [0.05, 0.1) is 5.69 Å². The molecular weight excluding hydrogens is 418 g/mol. The molecule has 0 aliphatic rings. The summed E-state index contributed by atoms with van der Waals surface area (Å²) in [6.45, 7) is 9.18. The van der Waals surface area contributed by atoms with Gasteiger partial charge in [-0.3, -0.25) is 0 Å². The molecule has 0 aliphatic carbocycles. The molecule has 2 heterocycles. The molecule has 168 valence electrons. The molecule has 3 N–H and O–H groups in total. The number of imidazole rings is 1. The minimum Gasteiger partial charge on any atom is -0.382 e. The van der Waals surface area contributed by atoms with Crippen LogP contribution in [-0.2, 0) is 6.54 Å². The molecule has 0 atom stereocenters. The first-order valence-corrected chi connectivity index (χ1v) is 11.6. The third kappa shape index (κ3) is 4.81. The van der Waals surface area contributed by atoms with E-state index in [1.165, 1.54) is 17.1 Å². The fourth-order valence-corrected chi connectivity index (χ4v) is 4.76. The van der Waals surface area contributed by atoms with E-state index >= 15 is 0 Å². The summed E-state index contributed by atoms with van der Waals surface area (Å²) >= 11 is 1.64. The van der Waals surface area contributed by atoms with Gasteiger partial charge in [0, 0.05) is 38.6 Å². The molecule has 0 unspecified atom stereocenters. The van der Waals surface area contributed by atoms with Gasteiger partial charge < -0.3 is 20.5 Å². The second-order valence-electron chi connectivity index (χ2n) is 9.38. The van der Waals surface area contributed by atoms with E-state index in [2.05, 4.69) is 96.0 Å². The van der Waals surface area contributed by atoms with Crippen LogP contribution in [0.4, 0.5) is 11.5 Å². The lowest BCUT2D eigenvalue weighted by molar-refractivity contribution is 0.375. The highest BCUT2D eigenvalue weighted by Crippen LogP contribution is 2.38. The predicted octanol–water partition coefficient (Wildman–Crippen LogP) is 4.41. The standard InChI is InChI=1S/C24H31N7S/c1-24(2,3)14-26-10-11-31-22-20(21(25)27-15-28-22)29-23(31)32-19-13-17-9-7-6-8-16(17)12-18(19)30(4)5/h6-9,12-13,15,26H,10-11,14H2,1-5H3,(H2,25,27,28). The van der Waals surface area contributed by atoms with E-state index in [9.17, 15) is 0 Å². The van der Waals surface area contributed by atoms with Gasteiger partial charge in [0.25, 0.3) is 0 Å². The van der Waals surface area contributed by atoms with Crippen molar-refractivity contribution in [3.05, 3.63) is 42.7 Å². The lowest BCUT2D eigenvalue weighted by Crippen LogP contribution is -2.29. The molecule has 0 fully saturated rings. The summed E-state index contributed by atoms with van der Waals surface area (Å²) in [5.74, 6) is 0.407. The van der Waals surface area contributed by atoms with Crippen LogP contribution in [0.5, 0.6) is 0 Å². The maximum atomic E-state index is 6.14. The summed E-state index contributed by atoms with van der Waals surface area (Å²) in [5.41, 5.74) is 8.93. The Morgan fingerprint density at radius 2 is 1.81 bits per heavy atom. The lowest BCUT2D eigenvalue weighted by Gasteiger charge is -2.20. The summed E-state index contributed by atoms with van der Waals surface area (Å²) in [6.07, 6.45) is 1.51. The Morgan fingerprint density at radius 1 is 1.09 bits per heavy atom. The van der Waals surface area contributed by atoms with Crippen molar-refractivity contribution in [1.29, 1.82) is 0 Å². The van der Waals surface area contributed by atoms with Crippen LogP contribution in [0, 0.1) is 5.41 Å². The first kappa shape index (κ1) is 22.4. The Morgan fingerprint density at radius 3 is 2.50 bits per heavy atom. The van der Waals surface area contributed by atoms with Crippen LogP contribution in [0.3, 0.4) is 0 Å². The van der Waals surface area contributed by atoms with Gasteiger partial charge in [-0.1, -0.05) is 45.0 Å². The average molecular weight is 450 g/mol. The predicted molar refractivity (Wildman–Crippen MR) is 134 cm³/mol. The number of rotatable bonds is 7. The molecule has 0 radical (unpaired) electrons. The van der Waals surface area contributed by atoms with Crippen LogP contribution in [-0.4, -0.2) is 46.7 Å². The number of hydrogen-bond donors (Lipinski definition) is 2. The second kappa shape index (κ2) is 8.96. The molecule has 0 bridgehead atoms. The van der Waals surface area contributed by atoms with E-state index in [0.29, 0.717) is 11.3 Å². The van der Waals surface area contributed by atoms with Gasteiger partial charge in [0.1, 0.15) is 6.33 Å². The first-order chi connectivity index (χ1) is 15.2. The topological polar surface area (TPSA) is 84.9 Å². The number of anilines is 2. The Hall–Kier alpha value is -2.84. The van der Waals surface area contributed by atoms with Crippen LogP contribution in [0.2, 0.25) is 0 Å². The van der Waals surface area contributed by atoms with E-state index in [0.717, 1.165) is 41.0 Å². The van der Waals surface area contributed by atoms with Crippen LogP contribution in [0.15, 0.2) is 52.8 Å². The zero-order valence-corrected chi connectivity index (χ0v) is 20.2. The van der Waals surface area contributed by atoms with Crippen molar-refractivity contribution in [2.24, 2.45) is 5.41 Å². The minimum absolute atomic E-state index is 0.229. The Bertz CT molecular complexity index is 1240. The zero-order chi connectivity index (χ0) is 22.9. The number of nitrogens with two attached hydrogens (primary N) is 1. The number of benzene rings is 2. The van der Waals surface area contributed by atoms with Gasteiger partial charge in [-0.05, 0) is 40.1 Å². The van der Waals surface area contributed by atoms with Crippen molar-refractivity contribution in [1.82, 2.24) is 24.8 Å². The molecule has 0 aliphatic heterocycles. The third-order valence-electron chi connectivity index (χ3n) is 5.20. The summed E-state index contributed by atoms with van der Waals surface area (Å²) in [6, 6.07) is 12.9. The number of aromatic nitrogens is 4. The highest BCUT2D eigenvalue weighted by atomic mass is 32.2. The highest BCUT2D eigenvalue weighted by molar-refractivity contribution is 7.99. The summed E-state index contributed by atoms with van der Waals surface area (Å²) < 4.78 is 2.14. The van der Waals surface area contributed by atoms with E-state index in [-0.39, 0.29) is 5.41 Å². The van der Waals surface area contributed by atoms with Gasteiger partial charge in [-0.25, -0.2) is 15.0 Å². The van der Waals surface area contributed by atoms with Gasteiger partial charge in [0.2, 0.25) is 0 Å². The van der Waals surface area contributed by atoms with E-state index in [1.54, 1.807) is 11.8 Å². The van der Waals surface area contributed by atoms with Crippen LogP contribution >= 0.6 is 11.8 Å². The number of nitrogens with one attached hydrogen (secondary N) is 1. The SMILES string of the molecule is CN(C)c1cc2ccccc2cc1Sc1nc2c(N)ncnc2n1CCNCC(C)(C)C. The van der Waals surface area contributed by atoms with E-state index < -0.39 is 0 Å². The maximum Gasteiger partial charge on any atom is 0.175 e. The molecule has 8 heteroatoms. The smallest absolute Gasteiger partial charge is 0.175 e. The molecule has 0 saturated carbocycles. The van der Waals surface area contributed by atoms with Crippen molar-refractivity contribution in [3.63, 3.8) is 0 Å². The second-order valence-corrected chi connectivity index (χ2v) is 10.4. The molecule has 4 rings (SSSR count). The molecule has 0 saturated heterocycles. The van der Waals surface area contributed by atoms with E-state index in [4.69, 9.17) is 10.7 Å². The molecule has 7 nitrogen and oxygen atoms in total. The van der Waals surface area contributed by atoms with Crippen LogP contribution in [0.1, 0.15) is 20.8 Å². The molecule has 2 aromatic heterocycles. The van der Waals surface area contributed by atoms with Gasteiger partial charge in [-0.15, -0.1) is 0 Å². The molecule has 2 aromatic carbocycles. The van der Waals surface area contributed by atoms with Crippen molar-refractivity contribution in [2.45, 2.75) is 37.4 Å². The molecule has 0 spiro atoms. The van der Waals surface area contributed by atoms with Crippen molar-refractivity contribution in [3.8, 4) is 0 Å². The van der Waals surface area contributed by atoms with Crippen molar-refractivity contribution < 1.29 is 0 Å². The quantitative estimate of drug-likeness (QED) is 0.404. The molecular formula is C24H31N7S. The summed E-state index contributed by atoms with van der Waals surface area (Å²) in [7, 11) is 4.13. The number of fused-ring (bicyclic) bond motifs is 2. The van der Waals surface area contributed by atoms with Crippen molar-refractivity contribution >= 4 is 45.2 Å². The third-order valence-corrected chi connectivity index (χ3v) is 6.24. The number of nitrogen functional groups attached to an aromatic ring is 1. The highest BCUT2D eigenvalue weighted by Gasteiger charge is 2.18. The largest absolute Gasteiger partial charge is 0.382 e. The fourth-order valence-electron chi connectivity index (χ4n) is 3.60. The fraction of sp³-hybridized carbons (Fsp3) is 0.375. The number of nitrogens with zero attached hydrogens (tertiary/aromatic N) is 5. The van der Waals surface area contributed by atoms with E-state index in [1.807, 2.05) is 0 Å². The maximum absolute atomic E-state index is 6.14. The van der Waals surface area contributed by atoms with Gasteiger partial charge in [-0.2, -0.15) is 0 Å². The molecule has 0 amide bonds. The molecule has 4 aromatic rings. The first-order valence-electron chi connectivity index (χ1n) is 10.8. The average Bonchev–Trinajstić information content (AvgIpc) is 3.08. The Kier molecular flexibility index (Phi) is 6.26. The Balaban J connectivity index is 1.72. The lowest BCUT2D eigenvalue weighted by atomic mass is 9.97. The molecule has 32 heavy (non-hydrogen) atoms. The van der Waals surface area contributed by atoms with Crippen molar-refractivity contribution in [2.75, 3.05) is 37.8 Å².